The Morgan fingerprint density at radius 3 is 2.12 bits per heavy atom. The molecule has 67 heavy (non-hydrogen) atoms. The molecule has 1 aliphatic heterocycles. The van der Waals surface area contributed by atoms with Crippen LogP contribution in [0.1, 0.15) is 77.0 Å². The summed E-state index contributed by atoms with van der Waals surface area (Å²) in [6.45, 7) is 7.14. The Hall–Kier alpha value is -6.87. The minimum Gasteiger partial charge on any atom is -0.456 e. The van der Waals surface area contributed by atoms with Crippen LogP contribution in [0.2, 0.25) is 0 Å². The van der Waals surface area contributed by atoms with Crippen molar-refractivity contribution >= 4 is 33.7 Å². The fraction of sp³-hybridized carbons (Fsp3) is 0.169. The van der Waals surface area contributed by atoms with Gasteiger partial charge in [0.25, 0.3) is 0 Å². The fourth-order valence-corrected chi connectivity index (χ4v) is 12.8. The van der Waals surface area contributed by atoms with Crippen molar-refractivity contribution in [3.05, 3.63) is 233 Å². The second-order valence-corrected chi connectivity index (χ2v) is 20.0. The zero-order chi connectivity index (χ0) is 45.0. The minimum atomic E-state index is 0.301. The van der Waals surface area contributed by atoms with Crippen LogP contribution >= 0.6 is 11.8 Å². The van der Waals surface area contributed by atoms with Gasteiger partial charge < -0.3 is 4.42 Å². The normalized spacial score (nSPS) is 15.8. The molecule has 0 radical (unpaired) electrons. The van der Waals surface area contributed by atoms with E-state index in [1.165, 1.54) is 110 Å². The molecule has 10 aromatic rings. The Morgan fingerprint density at radius 2 is 1.25 bits per heavy atom. The van der Waals surface area contributed by atoms with Gasteiger partial charge in [-0.05, 0) is 169 Å². The number of thioether (sulfide) groups is 1. The van der Waals surface area contributed by atoms with Crippen LogP contribution in [-0.4, -0.2) is 5.75 Å². The van der Waals surface area contributed by atoms with Crippen molar-refractivity contribution in [3.63, 3.8) is 0 Å². The molecule has 0 saturated carbocycles. The van der Waals surface area contributed by atoms with Gasteiger partial charge in [-0.2, -0.15) is 0 Å². The van der Waals surface area contributed by atoms with Gasteiger partial charge in [0.15, 0.2) is 0 Å². The zero-order valence-corrected chi connectivity index (χ0v) is 39.4. The van der Waals surface area contributed by atoms with E-state index in [-0.39, 0.29) is 0 Å². The minimum absolute atomic E-state index is 0.301. The highest BCUT2D eigenvalue weighted by Crippen LogP contribution is 2.51. The van der Waals surface area contributed by atoms with E-state index in [0.29, 0.717) is 17.8 Å². The van der Waals surface area contributed by atoms with Crippen LogP contribution < -0.4 is 0 Å². The van der Waals surface area contributed by atoms with E-state index in [0.717, 1.165) is 42.6 Å². The molecule has 2 heterocycles. The first-order chi connectivity index (χ1) is 33.0. The predicted octanol–water partition coefficient (Wildman–Crippen LogP) is 18.1. The molecule has 1 nitrogen and oxygen atoms in total. The summed E-state index contributed by atoms with van der Waals surface area (Å²) in [5.74, 6) is 2.08. The van der Waals surface area contributed by atoms with Gasteiger partial charge in [-0.1, -0.05) is 184 Å². The molecule has 326 valence electrons. The maximum Gasteiger partial charge on any atom is 0.135 e. The lowest BCUT2D eigenvalue weighted by molar-refractivity contribution is 0.579. The molecule has 0 bridgehead atoms. The summed E-state index contributed by atoms with van der Waals surface area (Å²) in [5.41, 5.74) is 25.1. The molecule has 0 spiro atoms. The van der Waals surface area contributed by atoms with Crippen LogP contribution in [0.4, 0.5) is 0 Å². The Kier molecular flexibility index (Phi) is 10.8. The van der Waals surface area contributed by atoms with Crippen LogP contribution in [0.15, 0.2) is 203 Å². The first-order valence-corrected chi connectivity index (χ1v) is 25.3. The van der Waals surface area contributed by atoms with Crippen molar-refractivity contribution in [2.45, 2.75) is 69.1 Å². The van der Waals surface area contributed by atoms with E-state index < -0.39 is 0 Å². The summed E-state index contributed by atoms with van der Waals surface area (Å²) in [6.07, 6.45) is 4.00. The second kappa shape index (κ2) is 17.4. The summed E-state index contributed by atoms with van der Waals surface area (Å²) in [7, 11) is 0. The van der Waals surface area contributed by atoms with Crippen molar-refractivity contribution in [1.82, 2.24) is 0 Å². The van der Waals surface area contributed by atoms with Crippen LogP contribution in [0.5, 0.6) is 0 Å². The molecule has 12 rings (SSSR count). The third kappa shape index (κ3) is 7.34. The highest BCUT2D eigenvalue weighted by atomic mass is 32.2. The van der Waals surface area contributed by atoms with Crippen LogP contribution in [-0.2, 0) is 19.3 Å². The summed E-state index contributed by atoms with van der Waals surface area (Å²) in [5, 5.41) is 2.35. The van der Waals surface area contributed by atoms with Crippen LogP contribution in [0, 0.1) is 6.92 Å². The summed E-state index contributed by atoms with van der Waals surface area (Å²) in [6, 6.07) is 73.2. The van der Waals surface area contributed by atoms with Crippen molar-refractivity contribution in [3.8, 4) is 55.6 Å². The number of hydrogen-bond acceptors (Lipinski definition) is 2. The van der Waals surface area contributed by atoms with Crippen molar-refractivity contribution < 1.29 is 4.42 Å². The van der Waals surface area contributed by atoms with Gasteiger partial charge >= 0.3 is 0 Å². The van der Waals surface area contributed by atoms with E-state index in [9.17, 15) is 0 Å². The highest BCUT2D eigenvalue weighted by Gasteiger charge is 2.31. The van der Waals surface area contributed by atoms with Gasteiger partial charge in [-0.3, -0.25) is 0 Å². The van der Waals surface area contributed by atoms with E-state index in [1.54, 1.807) is 0 Å². The van der Waals surface area contributed by atoms with Crippen molar-refractivity contribution in [2.24, 2.45) is 0 Å². The monoisotopic (exact) mass is 882 g/mol. The molecule has 3 unspecified atom stereocenters. The first kappa shape index (κ1) is 41.6. The van der Waals surface area contributed by atoms with Gasteiger partial charge in [-0.15, -0.1) is 11.8 Å². The molecule has 3 atom stereocenters. The van der Waals surface area contributed by atoms with Crippen molar-refractivity contribution in [2.75, 3.05) is 5.75 Å². The molecule has 2 heteroatoms. The average molecular weight is 883 g/mol. The lowest BCUT2D eigenvalue weighted by atomic mass is 9.78. The third-order valence-electron chi connectivity index (χ3n) is 15.2. The molecule has 2 aliphatic rings. The van der Waals surface area contributed by atoms with E-state index >= 15 is 0 Å². The first-order valence-electron chi connectivity index (χ1n) is 24.3. The van der Waals surface area contributed by atoms with Gasteiger partial charge in [0.1, 0.15) is 11.2 Å². The number of rotatable bonds is 8. The van der Waals surface area contributed by atoms with Crippen LogP contribution in [0.25, 0.3) is 77.6 Å². The molecular formula is C65H54OS. The Bertz CT molecular complexity index is 3480. The standard InChI is InChI=1S/C65H54OS/c1-4-43(48-39-58(52-34-35-67-63-31-15-13-26-54(63)59(52)40-48)47-32-33-62-60(38-47)53-25-12-14-30-61(53)66-62)36-45-21-8-10-23-50(45)64-41(2)18-16-28-55(64)56-29-17-27-49-42(3)57(44-19-6-5-7-20-44)37-46-22-9-11-24-51(46)65(49)56/h5-33,38-40,42-43,57H,4,34-37H2,1-3H3. The number of hydrogen-bond donors (Lipinski definition) is 0. The molecular weight excluding hydrogens is 829 g/mol. The zero-order valence-electron chi connectivity index (χ0n) is 38.6. The molecule has 1 aliphatic carbocycles. The Balaban J connectivity index is 0.994. The lowest BCUT2D eigenvalue weighted by Crippen LogP contribution is -2.10. The maximum atomic E-state index is 6.33. The number of para-hydroxylation sites is 1. The quantitative estimate of drug-likeness (QED) is 0.151. The molecule has 0 N–H and O–H groups in total. The van der Waals surface area contributed by atoms with Crippen molar-refractivity contribution in [1.29, 1.82) is 0 Å². The number of benzene rings is 9. The number of fused-ring (bicyclic) bond motifs is 9. The Morgan fingerprint density at radius 1 is 0.567 bits per heavy atom. The van der Waals surface area contributed by atoms with Gasteiger partial charge in [0, 0.05) is 21.4 Å². The fourth-order valence-electron chi connectivity index (χ4n) is 11.8. The van der Waals surface area contributed by atoms with Gasteiger partial charge in [-0.25, -0.2) is 0 Å². The van der Waals surface area contributed by atoms with E-state index in [1.807, 2.05) is 11.8 Å². The third-order valence-corrected chi connectivity index (χ3v) is 16.2. The van der Waals surface area contributed by atoms with E-state index in [2.05, 4.69) is 215 Å². The lowest BCUT2D eigenvalue weighted by Gasteiger charge is -2.26. The average Bonchev–Trinajstić information content (AvgIpc) is 3.56. The highest BCUT2D eigenvalue weighted by molar-refractivity contribution is 7.99. The summed E-state index contributed by atoms with van der Waals surface area (Å²) >= 11 is 1.99. The Labute approximate surface area is 399 Å². The number of aryl methyl sites for hydroxylation is 1. The van der Waals surface area contributed by atoms with E-state index in [4.69, 9.17) is 4.42 Å². The molecule has 0 amide bonds. The number of furan rings is 1. The smallest absolute Gasteiger partial charge is 0.135 e. The van der Waals surface area contributed by atoms with Gasteiger partial charge in [0.05, 0.1) is 0 Å². The predicted molar refractivity (Wildman–Crippen MR) is 285 cm³/mol. The SMILES string of the molecule is CCC(Cc1ccccc1-c1c(C)cccc1-c1cccc2c1-c1ccccc1CC(c1ccccc1)C2C)c1cc(-c2ccc3oc4ccccc4c3c2)c2c(c1)-c1ccccc1SCC2. The van der Waals surface area contributed by atoms with Gasteiger partial charge in [0.2, 0.25) is 0 Å². The molecule has 9 aromatic carbocycles. The molecule has 1 aromatic heterocycles. The molecule has 0 fully saturated rings. The summed E-state index contributed by atoms with van der Waals surface area (Å²) in [4.78, 5) is 1.37. The topological polar surface area (TPSA) is 13.1 Å². The molecule has 0 saturated heterocycles. The second-order valence-electron chi connectivity index (χ2n) is 18.9. The maximum absolute atomic E-state index is 6.33. The summed E-state index contributed by atoms with van der Waals surface area (Å²) < 4.78 is 6.33. The largest absolute Gasteiger partial charge is 0.456 e. The van der Waals surface area contributed by atoms with Crippen LogP contribution in [0.3, 0.4) is 0 Å².